The van der Waals surface area contributed by atoms with Gasteiger partial charge in [-0.2, -0.15) is 13.9 Å². The summed E-state index contributed by atoms with van der Waals surface area (Å²) in [6, 6.07) is 4.49. The Bertz CT molecular complexity index is 1000. The summed E-state index contributed by atoms with van der Waals surface area (Å²) >= 11 is 0. The van der Waals surface area contributed by atoms with Crippen LogP contribution in [0.5, 0.6) is 5.75 Å². The van der Waals surface area contributed by atoms with Gasteiger partial charge in [0.1, 0.15) is 0 Å². The maximum atomic E-state index is 12.7. The van der Waals surface area contributed by atoms with Gasteiger partial charge in [-0.05, 0) is 50.7 Å². The van der Waals surface area contributed by atoms with E-state index in [1.165, 1.54) is 31.0 Å². The van der Waals surface area contributed by atoms with E-state index in [0.29, 0.717) is 41.6 Å². The molecule has 172 valence electrons. The van der Waals surface area contributed by atoms with Crippen molar-refractivity contribution in [2.24, 2.45) is 11.8 Å². The van der Waals surface area contributed by atoms with Crippen molar-refractivity contribution in [2.75, 3.05) is 18.8 Å². The number of fused-ring (bicyclic) bond motifs is 3. The highest BCUT2D eigenvalue weighted by atomic mass is 19.3. The molecule has 0 radical (unpaired) electrons. The number of hydrogen-bond donors (Lipinski definition) is 1. The number of piperidine rings is 1. The van der Waals surface area contributed by atoms with E-state index < -0.39 is 6.61 Å². The van der Waals surface area contributed by atoms with Gasteiger partial charge in [-0.1, -0.05) is 0 Å². The van der Waals surface area contributed by atoms with Gasteiger partial charge in [-0.3, -0.25) is 9.58 Å². The van der Waals surface area contributed by atoms with Crippen molar-refractivity contribution in [3.05, 3.63) is 24.0 Å². The Balaban J connectivity index is 1.21. The molecule has 2 aromatic rings. The van der Waals surface area contributed by atoms with Crippen molar-refractivity contribution in [1.29, 1.82) is 0 Å². The Morgan fingerprint density at radius 1 is 1.12 bits per heavy atom. The molecule has 3 aliphatic heterocycles. The molecule has 2 aromatic heterocycles. The molecule has 5 fully saturated rings. The van der Waals surface area contributed by atoms with Gasteiger partial charge in [-0.25, -0.2) is 4.98 Å². The summed E-state index contributed by atoms with van der Waals surface area (Å²) in [6.07, 6.45) is 6.20. The van der Waals surface area contributed by atoms with E-state index >= 15 is 0 Å². The first kappa shape index (κ1) is 20.4. The molecule has 0 aromatic carbocycles. The van der Waals surface area contributed by atoms with E-state index in [9.17, 15) is 8.78 Å². The molecular weight excluding hydrogens is 416 g/mol. The van der Waals surface area contributed by atoms with Crippen LogP contribution in [0.15, 0.2) is 18.3 Å². The molecule has 32 heavy (non-hydrogen) atoms. The quantitative estimate of drug-likeness (QED) is 0.731. The monoisotopic (exact) mass is 445 g/mol. The Hall–Kier alpha value is -2.26. The molecule has 2 aliphatic carbocycles. The van der Waals surface area contributed by atoms with E-state index in [1.54, 1.807) is 6.20 Å². The molecule has 5 heterocycles. The summed E-state index contributed by atoms with van der Waals surface area (Å²) < 4.78 is 37.8. The number of pyridine rings is 1. The second-order valence-corrected chi connectivity index (χ2v) is 10.0. The van der Waals surface area contributed by atoms with Gasteiger partial charge >= 0.3 is 6.61 Å². The van der Waals surface area contributed by atoms with Crippen molar-refractivity contribution in [3.8, 4) is 17.0 Å². The number of anilines is 1. The first-order valence-electron chi connectivity index (χ1n) is 11.6. The van der Waals surface area contributed by atoms with Gasteiger partial charge in [0.2, 0.25) is 0 Å². The second-order valence-electron chi connectivity index (χ2n) is 10.0. The second kappa shape index (κ2) is 7.38. The van der Waals surface area contributed by atoms with Crippen LogP contribution in [0, 0.1) is 11.8 Å². The molecule has 2 N–H and O–H groups in total. The number of aromatic nitrogens is 3. The highest BCUT2D eigenvalue weighted by Gasteiger charge is 2.59. The summed E-state index contributed by atoms with van der Waals surface area (Å²) in [5.74, 6) is 1.74. The van der Waals surface area contributed by atoms with Crippen molar-refractivity contribution < 1.29 is 18.3 Å². The van der Waals surface area contributed by atoms with Gasteiger partial charge < -0.3 is 15.2 Å². The van der Waals surface area contributed by atoms with Crippen LogP contribution in [-0.2, 0) is 4.74 Å². The fraction of sp³-hybridized carbons (Fsp3) is 0.652. The summed E-state index contributed by atoms with van der Waals surface area (Å²) in [7, 11) is 0. The smallest absolute Gasteiger partial charge is 0.387 e. The molecule has 9 heteroatoms. The van der Waals surface area contributed by atoms with E-state index in [1.807, 2.05) is 0 Å². The summed E-state index contributed by atoms with van der Waals surface area (Å²) in [4.78, 5) is 6.69. The van der Waals surface area contributed by atoms with Crippen molar-refractivity contribution in [2.45, 2.75) is 69.9 Å². The first-order valence-corrected chi connectivity index (χ1v) is 11.6. The fourth-order valence-electron chi connectivity index (χ4n) is 6.23. The SMILES string of the molecule is CC(C)n1nc(-c2cnc(N)c(OC(F)F)c2)cc1[C@H]1[C@@H]2C[C@H](N3CC4CC(C3)O4)C[C@@H]21. The lowest BCUT2D eigenvalue weighted by Crippen LogP contribution is -2.59. The van der Waals surface area contributed by atoms with Crippen molar-refractivity contribution in [3.63, 3.8) is 0 Å². The minimum absolute atomic E-state index is 0.0546. The molecule has 2 unspecified atom stereocenters. The number of alkyl halides is 2. The van der Waals surface area contributed by atoms with Gasteiger partial charge in [0.15, 0.2) is 11.6 Å². The van der Waals surface area contributed by atoms with Crippen LogP contribution in [-0.4, -0.2) is 57.6 Å². The largest absolute Gasteiger partial charge is 0.431 e. The molecular formula is C23H29F2N5O2. The van der Waals surface area contributed by atoms with Gasteiger partial charge in [0, 0.05) is 55.0 Å². The third-order valence-electron chi connectivity index (χ3n) is 7.71. The van der Waals surface area contributed by atoms with Crippen LogP contribution >= 0.6 is 0 Å². The molecule has 5 aliphatic rings. The zero-order valence-corrected chi connectivity index (χ0v) is 18.3. The lowest BCUT2D eigenvalue weighted by molar-refractivity contribution is -0.188. The molecule has 6 atom stereocenters. The highest BCUT2D eigenvalue weighted by Crippen LogP contribution is 2.64. The standard InChI is InChI=1S/C23H29F2N5O2/c1-11(2)30-19(7-18(28-30)12-3-20(32-23(24)25)22(26)27-8-12)21-16-4-13(5-17(16)21)29-9-14-6-15(10-29)31-14/h3,7-8,11,13-17,21,23H,4-6,9-10H2,1-2H3,(H2,26,27)/t13-,14?,15?,16+,17-,21-. The third kappa shape index (κ3) is 3.37. The van der Waals surface area contributed by atoms with E-state index in [4.69, 9.17) is 15.6 Å². The van der Waals surface area contributed by atoms with E-state index in [0.717, 1.165) is 18.8 Å². The van der Waals surface area contributed by atoms with Gasteiger partial charge in [0.05, 0.1) is 17.9 Å². The minimum atomic E-state index is -2.95. The lowest BCUT2D eigenvalue weighted by atomic mass is 9.94. The number of halogens is 2. The lowest BCUT2D eigenvalue weighted by Gasteiger charge is -2.49. The number of nitrogen functional groups attached to an aromatic ring is 1. The van der Waals surface area contributed by atoms with Crippen LogP contribution < -0.4 is 10.5 Å². The highest BCUT2D eigenvalue weighted by molar-refractivity contribution is 5.64. The number of rotatable bonds is 6. The first-order chi connectivity index (χ1) is 15.4. The number of ether oxygens (including phenoxy) is 2. The Kier molecular flexibility index (Phi) is 4.69. The molecule has 7 nitrogen and oxygen atoms in total. The van der Waals surface area contributed by atoms with Crippen molar-refractivity contribution >= 4 is 5.82 Å². The molecule has 7 rings (SSSR count). The fourth-order valence-corrected chi connectivity index (χ4v) is 6.23. The summed E-state index contributed by atoms with van der Waals surface area (Å²) in [6.45, 7) is 3.47. The number of morpholine rings is 1. The molecule has 3 saturated heterocycles. The zero-order chi connectivity index (χ0) is 22.1. The number of hydrogen-bond acceptors (Lipinski definition) is 6. The zero-order valence-electron chi connectivity index (χ0n) is 18.3. The van der Waals surface area contributed by atoms with Crippen LogP contribution in [0.3, 0.4) is 0 Å². The van der Waals surface area contributed by atoms with Crippen LogP contribution in [0.25, 0.3) is 11.3 Å². The number of nitrogens with two attached hydrogens (primary N) is 1. The predicted molar refractivity (Wildman–Crippen MR) is 114 cm³/mol. The molecule has 2 bridgehead atoms. The van der Waals surface area contributed by atoms with Gasteiger partial charge in [0.25, 0.3) is 0 Å². The van der Waals surface area contributed by atoms with Gasteiger partial charge in [-0.15, -0.1) is 0 Å². The maximum absolute atomic E-state index is 12.7. The van der Waals surface area contributed by atoms with E-state index in [2.05, 4.69) is 39.2 Å². The van der Waals surface area contributed by atoms with Crippen LogP contribution in [0.4, 0.5) is 14.6 Å². The molecule has 0 amide bonds. The topological polar surface area (TPSA) is 78.4 Å². The molecule has 2 saturated carbocycles. The van der Waals surface area contributed by atoms with E-state index in [-0.39, 0.29) is 17.6 Å². The summed E-state index contributed by atoms with van der Waals surface area (Å²) in [5.41, 5.74) is 8.28. The Morgan fingerprint density at radius 2 is 1.81 bits per heavy atom. The Morgan fingerprint density at radius 3 is 2.44 bits per heavy atom. The number of nitrogens with zero attached hydrogens (tertiary/aromatic N) is 4. The normalized spacial score (nSPS) is 33.4. The molecule has 0 spiro atoms. The van der Waals surface area contributed by atoms with Crippen LogP contribution in [0.1, 0.15) is 50.8 Å². The van der Waals surface area contributed by atoms with Crippen molar-refractivity contribution in [1.82, 2.24) is 19.7 Å². The van der Waals surface area contributed by atoms with Crippen LogP contribution in [0.2, 0.25) is 0 Å². The third-order valence-corrected chi connectivity index (χ3v) is 7.71. The average Bonchev–Trinajstić information content (AvgIpc) is 3.08. The Labute approximate surface area is 185 Å². The summed E-state index contributed by atoms with van der Waals surface area (Å²) in [5, 5.41) is 4.81. The maximum Gasteiger partial charge on any atom is 0.387 e. The average molecular weight is 446 g/mol. The predicted octanol–water partition coefficient (Wildman–Crippen LogP) is 3.67. The minimum Gasteiger partial charge on any atom is -0.431 e.